The fourth-order valence-electron chi connectivity index (χ4n) is 2.49. The molecule has 27 heavy (non-hydrogen) atoms. The molecule has 4 nitrogen and oxygen atoms in total. The van der Waals surface area contributed by atoms with E-state index < -0.39 is 11.7 Å². The number of carbonyl (C=O) groups is 1. The van der Waals surface area contributed by atoms with E-state index in [0.717, 1.165) is 17.7 Å². The fourth-order valence-corrected chi connectivity index (χ4v) is 2.49. The maximum absolute atomic E-state index is 12.8. The van der Waals surface area contributed by atoms with Crippen LogP contribution < -0.4 is 10.6 Å². The molecule has 0 saturated heterocycles. The molecule has 0 aliphatic heterocycles. The summed E-state index contributed by atoms with van der Waals surface area (Å²) in [5, 5.41) is 5.56. The van der Waals surface area contributed by atoms with Gasteiger partial charge in [0.2, 0.25) is 0 Å². The molecule has 1 aromatic heterocycles. The lowest BCUT2D eigenvalue weighted by Gasteiger charge is -2.11. The molecule has 7 heteroatoms. The number of anilines is 3. The van der Waals surface area contributed by atoms with Gasteiger partial charge in [0.25, 0.3) is 5.91 Å². The number of carbonyl (C=O) groups excluding carboxylic acids is 1. The van der Waals surface area contributed by atoms with Gasteiger partial charge in [-0.3, -0.25) is 4.79 Å². The topological polar surface area (TPSA) is 54.0 Å². The van der Waals surface area contributed by atoms with E-state index in [2.05, 4.69) is 15.6 Å². The Kier molecular flexibility index (Phi) is 5.12. The van der Waals surface area contributed by atoms with Gasteiger partial charge in [0.1, 0.15) is 5.82 Å². The standard InChI is InChI=1S/C20H16F3N3O/c1-13-5-2-3-8-17(13)19(27)26-16-9-10-18(24-12-16)25-15-7-4-6-14(11-15)20(21,22)23/h2-12H,1H3,(H,24,25)(H,26,27). The van der Waals surface area contributed by atoms with E-state index in [0.29, 0.717) is 17.1 Å². The molecule has 0 unspecified atom stereocenters. The molecule has 2 N–H and O–H groups in total. The van der Waals surface area contributed by atoms with Crippen molar-refractivity contribution in [1.82, 2.24) is 4.98 Å². The average molecular weight is 371 g/mol. The number of hydrogen-bond acceptors (Lipinski definition) is 3. The summed E-state index contributed by atoms with van der Waals surface area (Å²) in [6, 6.07) is 15.2. The van der Waals surface area contributed by atoms with Gasteiger partial charge in [-0.15, -0.1) is 0 Å². The molecule has 3 rings (SSSR count). The Hall–Kier alpha value is -3.35. The molecule has 138 valence electrons. The van der Waals surface area contributed by atoms with Gasteiger partial charge in [-0.25, -0.2) is 4.98 Å². The molecule has 0 fully saturated rings. The second-order valence-corrected chi connectivity index (χ2v) is 5.90. The Morgan fingerprint density at radius 3 is 2.41 bits per heavy atom. The van der Waals surface area contributed by atoms with Gasteiger partial charge in [-0.2, -0.15) is 13.2 Å². The van der Waals surface area contributed by atoms with Crippen LogP contribution in [-0.2, 0) is 6.18 Å². The molecule has 2 aromatic carbocycles. The lowest BCUT2D eigenvalue weighted by Crippen LogP contribution is -2.13. The van der Waals surface area contributed by atoms with E-state index in [1.807, 2.05) is 19.1 Å². The van der Waals surface area contributed by atoms with Crippen molar-refractivity contribution in [3.8, 4) is 0 Å². The van der Waals surface area contributed by atoms with E-state index in [1.54, 1.807) is 24.3 Å². The van der Waals surface area contributed by atoms with Crippen LogP contribution in [-0.4, -0.2) is 10.9 Å². The molecule has 1 amide bonds. The maximum atomic E-state index is 12.8. The molecule has 0 bridgehead atoms. The van der Waals surface area contributed by atoms with Crippen LogP contribution in [0.4, 0.5) is 30.4 Å². The number of amides is 1. The lowest BCUT2D eigenvalue weighted by molar-refractivity contribution is -0.137. The van der Waals surface area contributed by atoms with Crippen molar-refractivity contribution in [2.24, 2.45) is 0 Å². The first-order chi connectivity index (χ1) is 12.8. The summed E-state index contributed by atoms with van der Waals surface area (Å²) >= 11 is 0. The number of aromatic nitrogens is 1. The molecule has 3 aromatic rings. The first kappa shape index (κ1) is 18.4. The van der Waals surface area contributed by atoms with Crippen LogP contribution in [0.3, 0.4) is 0 Å². The fraction of sp³-hybridized carbons (Fsp3) is 0.100. The maximum Gasteiger partial charge on any atom is 0.416 e. The minimum absolute atomic E-state index is 0.256. The zero-order valence-electron chi connectivity index (χ0n) is 14.3. The highest BCUT2D eigenvalue weighted by molar-refractivity contribution is 6.05. The third kappa shape index (κ3) is 4.63. The summed E-state index contributed by atoms with van der Waals surface area (Å²) in [5.41, 5.74) is 1.43. The second kappa shape index (κ2) is 7.49. The molecule has 1 heterocycles. The third-order valence-corrected chi connectivity index (χ3v) is 3.87. The van der Waals surface area contributed by atoms with Gasteiger partial charge in [0.05, 0.1) is 17.4 Å². The SMILES string of the molecule is Cc1ccccc1C(=O)Nc1ccc(Nc2cccc(C(F)(F)F)c2)nc1. The van der Waals surface area contributed by atoms with Crippen molar-refractivity contribution in [3.05, 3.63) is 83.6 Å². The largest absolute Gasteiger partial charge is 0.416 e. The van der Waals surface area contributed by atoms with Gasteiger partial charge < -0.3 is 10.6 Å². The highest BCUT2D eigenvalue weighted by Crippen LogP contribution is 2.31. The van der Waals surface area contributed by atoms with Gasteiger partial charge in [0, 0.05) is 11.3 Å². The van der Waals surface area contributed by atoms with E-state index in [4.69, 9.17) is 0 Å². The number of alkyl halides is 3. The first-order valence-electron chi connectivity index (χ1n) is 8.10. The number of benzene rings is 2. The number of halogens is 3. The Balaban J connectivity index is 1.69. The molecular weight excluding hydrogens is 355 g/mol. The third-order valence-electron chi connectivity index (χ3n) is 3.87. The van der Waals surface area contributed by atoms with Gasteiger partial charge in [0.15, 0.2) is 0 Å². The molecule has 0 radical (unpaired) electrons. The molecular formula is C20H16F3N3O. The van der Waals surface area contributed by atoms with Gasteiger partial charge in [-0.1, -0.05) is 24.3 Å². The molecule has 0 spiro atoms. The zero-order chi connectivity index (χ0) is 19.4. The Labute approximate surface area is 154 Å². The van der Waals surface area contributed by atoms with Crippen LogP contribution in [0.1, 0.15) is 21.5 Å². The van der Waals surface area contributed by atoms with Crippen LogP contribution >= 0.6 is 0 Å². The summed E-state index contributed by atoms with van der Waals surface area (Å²) in [6.45, 7) is 1.84. The van der Waals surface area contributed by atoms with E-state index in [1.165, 1.54) is 18.3 Å². The van der Waals surface area contributed by atoms with E-state index in [-0.39, 0.29) is 11.6 Å². The lowest BCUT2D eigenvalue weighted by atomic mass is 10.1. The predicted octanol–water partition coefficient (Wildman–Crippen LogP) is 5.40. The Bertz CT molecular complexity index is 953. The van der Waals surface area contributed by atoms with Crippen LogP contribution in [0, 0.1) is 6.92 Å². The molecule has 0 aliphatic rings. The summed E-state index contributed by atoms with van der Waals surface area (Å²) in [4.78, 5) is 16.4. The van der Waals surface area contributed by atoms with Crippen LogP contribution in [0.2, 0.25) is 0 Å². The Morgan fingerprint density at radius 2 is 1.74 bits per heavy atom. The molecule has 0 atom stereocenters. The van der Waals surface area contributed by atoms with Crippen molar-refractivity contribution in [3.63, 3.8) is 0 Å². The van der Waals surface area contributed by atoms with Gasteiger partial charge >= 0.3 is 6.18 Å². The average Bonchev–Trinajstić information content (AvgIpc) is 2.63. The normalized spacial score (nSPS) is 11.1. The van der Waals surface area contributed by atoms with Crippen molar-refractivity contribution in [1.29, 1.82) is 0 Å². The minimum atomic E-state index is -4.41. The number of aryl methyl sites for hydroxylation is 1. The van der Waals surface area contributed by atoms with Crippen molar-refractivity contribution < 1.29 is 18.0 Å². The van der Waals surface area contributed by atoms with E-state index >= 15 is 0 Å². The number of pyridine rings is 1. The first-order valence-corrected chi connectivity index (χ1v) is 8.10. The predicted molar refractivity (Wildman–Crippen MR) is 98.1 cm³/mol. The monoisotopic (exact) mass is 371 g/mol. The minimum Gasteiger partial charge on any atom is -0.340 e. The van der Waals surface area contributed by atoms with Crippen LogP contribution in [0.25, 0.3) is 0 Å². The number of rotatable bonds is 4. The van der Waals surface area contributed by atoms with Crippen LogP contribution in [0.5, 0.6) is 0 Å². The van der Waals surface area contributed by atoms with Gasteiger partial charge in [-0.05, 0) is 48.9 Å². The van der Waals surface area contributed by atoms with Crippen LogP contribution in [0.15, 0.2) is 66.9 Å². The molecule has 0 aliphatic carbocycles. The molecule has 0 saturated carbocycles. The zero-order valence-corrected chi connectivity index (χ0v) is 14.3. The van der Waals surface area contributed by atoms with Crippen molar-refractivity contribution >= 4 is 23.1 Å². The summed E-state index contributed by atoms with van der Waals surface area (Å²) in [7, 11) is 0. The number of hydrogen-bond donors (Lipinski definition) is 2. The smallest absolute Gasteiger partial charge is 0.340 e. The number of nitrogens with zero attached hydrogens (tertiary/aromatic N) is 1. The summed E-state index contributed by atoms with van der Waals surface area (Å²) < 4.78 is 38.3. The number of nitrogens with one attached hydrogen (secondary N) is 2. The second-order valence-electron chi connectivity index (χ2n) is 5.90. The van der Waals surface area contributed by atoms with Crippen molar-refractivity contribution in [2.75, 3.05) is 10.6 Å². The summed E-state index contributed by atoms with van der Waals surface area (Å²) in [5.74, 6) is 0.108. The van der Waals surface area contributed by atoms with Crippen molar-refractivity contribution in [2.45, 2.75) is 13.1 Å². The Morgan fingerprint density at radius 1 is 0.963 bits per heavy atom. The van der Waals surface area contributed by atoms with E-state index in [9.17, 15) is 18.0 Å². The summed E-state index contributed by atoms with van der Waals surface area (Å²) in [6.07, 6.45) is -2.97. The highest BCUT2D eigenvalue weighted by atomic mass is 19.4. The highest BCUT2D eigenvalue weighted by Gasteiger charge is 2.30. The quantitative estimate of drug-likeness (QED) is 0.645.